The van der Waals surface area contributed by atoms with E-state index in [1.165, 1.54) is 11.1 Å². The molecular weight excluding hydrogens is 589 g/mol. The highest BCUT2D eigenvalue weighted by atomic mass is 32.2. The minimum Gasteiger partial charge on any atom is -0.374 e. The predicted molar refractivity (Wildman–Crippen MR) is 186 cm³/mol. The summed E-state index contributed by atoms with van der Waals surface area (Å²) in [6.45, 7) is 1.93. The highest BCUT2D eigenvalue weighted by Gasteiger charge is 2.47. The summed E-state index contributed by atoms with van der Waals surface area (Å²) in [6, 6.07) is 52.3. The van der Waals surface area contributed by atoms with Gasteiger partial charge in [0.25, 0.3) is 0 Å². The van der Waals surface area contributed by atoms with E-state index in [9.17, 15) is 0 Å². The molecule has 5 unspecified atom stereocenters. The first-order valence-corrected chi connectivity index (χ1v) is 17.1. The van der Waals surface area contributed by atoms with Crippen LogP contribution in [0.4, 0.5) is 0 Å². The molecule has 0 radical (unpaired) electrons. The lowest BCUT2D eigenvalue weighted by atomic mass is 9.84. The number of ether oxygens (including phenoxy) is 4. The second-order valence-corrected chi connectivity index (χ2v) is 12.8. The number of benzene rings is 5. The third-order valence-electron chi connectivity index (χ3n) is 8.32. The zero-order chi connectivity index (χ0) is 31.2. The van der Waals surface area contributed by atoms with Gasteiger partial charge in [-0.05, 0) is 34.2 Å². The van der Waals surface area contributed by atoms with Crippen molar-refractivity contribution in [2.75, 3.05) is 6.61 Å². The van der Waals surface area contributed by atoms with Crippen LogP contribution in [0.2, 0.25) is 0 Å². The van der Waals surface area contributed by atoms with Crippen molar-refractivity contribution >= 4 is 11.8 Å². The average molecular weight is 631 g/mol. The number of thioether (sulfide) groups is 1. The monoisotopic (exact) mass is 630 g/mol. The standard InChI is InChI=1S/C41H42O4S/c1-6-16-32(17-7-1)26-37-39(43-28-34-20-10-3-11-21-34)38(30-42-27-33-18-8-2-9-19-33)45-41(46-31-36-24-14-5-15-25-36)40(37)44-29-35-22-12-4-13-23-35/h1-25,37-41H,26-31H2. The molecule has 4 nitrogen and oxygen atoms in total. The smallest absolute Gasteiger partial charge is 0.130 e. The van der Waals surface area contributed by atoms with Crippen LogP contribution in [0.15, 0.2) is 152 Å². The van der Waals surface area contributed by atoms with Crippen molar-refractivity contribution in [1.29, 1.82) is 0 Å². The quantitative estimate of drug-likeness (QED) is 0.116. The summed E-state index contributed by atoms with van der Waals surface area (Å²) >= 11 is 1.80. The van der Waals surface area contributed by atoms with Gasteiger partial charge >= 0.3 is 0 Å². The fourth-order valence-electron chi connectivity index (χ4n) is 5.96. The second-order valence-electron chi connectivity index (χ2n) is 11.7. The molecule has 1 fully saturated rings. The first kappa shape index (κ1) is 32.2. The molecule has 0 spiro atoms. The molecule has 1 heterocycles. The molecule has 46 heavy (non-hydrogen) atoms. The maximum atomic E-state index is 7.00. The summed E-state index contributed by atoms with van der Waals surface area (Å²) in [4.78, 5) is 0. The maximum absolute atomic E-state index is 7.00. The molecule has 6 rings (SSSR count). The Morgan fingerprint density at radius 1 is 0.478 bits per heavy atom. The number of hydrogen-bond donors (Lipinski definition) is 0. The molecule has 0 amide bonds. The molecule has 1 aliphatic heterocycles. The van der Waals surface area contributed by atoms with E-state index in [1.54, 1.807) is 11.8 Å². The molecule has 5 atom stereocenters. The summed E-state index contributed by atoms with van der Waals surface area (Å²) < 4.78 is 27.1. The minimum absolute atomic E-state index is 0.0298. The molecule has 5 heteroatoms. The first-order valence-electron chi connectivity index (χ1n) is 16.1. The zero-order valence-electron chi connectivity index (χ0n) is 26.1. The molecule has 5 aromatic carbocycles. The minimum atomic E-state index is -0.272. The summed E-state index contributed by atoms with van der Waals surface area (Å²) in [7, 11) is 0. The van der Waals surface area contributed by atoms with Crippen molar-refractivity contribution in [2.24, 2.45) is 5.92 Å². The van der Waals surface area contributed by atoms with Crippen molar-refractivity contribution in [2.45, 2.75) is 55.7 Å². The zero-order valence-corrected chi connectivity index (χ0v) is 26.9. The van der Waals surface area contributed by atoms with Gasteiger partial charge in [0.2, 0.25) is 0 Å². The van der Waals surface area contributed by atoms with Gasteiger partial charge in [-0.15, -0.1) is 11.8 Å². The Morgan fingerprint density at radius 2 is 0.913 bits per heavy atom. The number of rotatable bonds is 15. The number of hydrogen-bond acceptors (Lipinski definition) is 5. The Kier molecular flexibility index (Phi) is 12.1. The Labute approximate surface area is 277 Å². The average Bonchev–Trinajstić information content (AvgIpc) is 3.12. The molecule has 5 aromatic rings. The predicted octanol–water partition coefficient (Wildman–Crippen LogP) is 8.89. The van der Waals surface area contributed by atoms with Gasteiger partial charge in [0.15, 0.2) is 0 Å². The topological polar surface area (TPSA) is 36.9 Å². The fourth-order valence-corrected chi connectivity index (χ4v) is 7.21. The Balaban J connectivity index is 1.31. The third kappa shape index (κ3) is 9.41. The summed E-state index contributed by atoms with van der Waals surface area (Å²) in [5.41, 5.74) is 5.72. The van der Waals surface area contributed by atoms with E-state index < -0.39 is 0 Å². The van der Waals surface area contributed by atoms with E-state index in [2.05, 4.69) is 121 Å². The Hall–Kier alpha value is -3.71. The van der Waals surface area contributed by atoms with Crippen molar-refractivity contribution in [1.82, 2.24) is 0 Å². The van der Waals surface area contributed by atoms with Gasteiger partial charge in [-0.25, -0.2) is 0 Å². The highest BCUT2D eigenvalue weighted by Crippen LogP contribution is 2.39. The van der Waals surface area contributed by atoms with Crippen molar-refractivity contribution in [3.8, 4) is 0 Å². The van der Waals surface area contributed by atoms with Crippen LogP contribution < -0.4 is 0 Å². The highest BCUT2D eigenvalue weighted by molar-refractivity contribution is 7.99. The van der Waals surface area contributed by atoms with Crippen molar-refractivity contribution in [3.63, 3.8) is 0 Å². The molecule has 0 aromatic heterocycles. The van der Waals surface area contributed by atoms with Crippen molar-refractivity contribution in [3.05, 3.63) is 179 Å². The molecule has 0 aliphatic carbocycles. The first-order chi connectivity index (χ1) is 22.8. The molecular formula is C41H42O4S. The Bertz CT molecular complexity index is 1540. The van der Waals surface area contributed by atoms with Gasteiger partial charge in [0.1, 0.15) is 11.5 Å². The molecule has 236 valence electrons. The van der Waals surface area contributed by atoms with Crippen LogP contribution in [-0.2, 0) is 50.9 Å². The van der Waals surface area contributed by atoms with E-state index in [0.29, 0.717) is 26.4 Å². The largest absolute Gasteiger partial charge is 0.374 e. The van der Waals surface area contributed by atoms with Gasteiger partial charge in [0.05, 0.1) is 38.6 Å². The van der Waals surface area contributed by atoms with Crippen LogP contribution in [0.25, 0.3) is 0 Å². The maximum Gasteiger partial charge on any atom is 0.130 e. The molecule has 0 bridgehead atoms. The van der Waals surface area contributed by atoms with Crippen LogP contribution in [-0.4, -0.2) is 30.4 Å². The van der Waals surface area contributed by atoms with Gasteiger partial charge in [-0.2, -0.15) is 0 Å². The molecule has 0 N–H and O–H groups in total. The van der Waals surface area contributed by atoms with E-state index in [-0.39, 0.29) is 29.7 Å². The van der Waals surface area contributed by atoms with Crippen LogP contribution in [0.1, 0.15) is 27.8 Å². The van der Waals surface area contributed by atoms with E-state index in [4.69, 9.17) is 18.9 Å². The molecule has 1 aliphatic rings. The van der Waals surface area contributed by atoms with Crippen molar-refractivity contribution < 1.29 is 18.9 Å². The van der Waals surface area contributed by atoms with Gasteiger partial charge in [0, 0.05) is 11.7 Å². The van der Waals surface area contributed by atoms with Gasteiger partial charge in [-0.1, -0.05) is 152 Å². The lowest BCUT2D eigenvalue weighted by Gasteiger charge is -2.46. The lowest BCUT2D eigenvalue weighted by molar-refractivity contribution is -0.221. The summed E-state index contributed by atoms with van der Waals surface area (Å²) in [5, 5.41) is 0. The molecule has 0 saturated carbocycles. The van der Waals surface area contributed by atoms with Crippen LogP contribution >= 0.6 is 11.8 Å². The van der Waals surface area contributed by atoms with Crippen LogP contribution in [0.5, 0.6) is 0 Å². The van der Waals surface area contributed by atoms with E-state index >= 15 is 0 Å². The van der Waals surface area contributed by atoms with Gasteiger partial charge in [-0.3, -0.25) is 0 Å². The fraction of sp³-hybridized carbons (Fsp3) is 0.268. The van der Waals surface area contributed by atoms with Gasteiger partial charge < -0.3 is 18.9 Å². The van der Waals surface area contributed by atoms with Crippen LogP contribution in [0, 0.1) is 5.92 Å². The normalized spacial score (nSPS) is 21.2. The Morgan fingerprint density at radius 3 is 1.43 bits per heavy atom. The van der Waals surface area contributed by atoms with E-state index in [1.807, 2.05) is 30.3 Å². The van der Waals surface area contributed by atoms with Crippen LogP contribution in [0.3, 0.4) is 0 Å². The summed E-state index contributed by atoms with van der Waals surface area (Å²) in [5.74, 6) is 0.851. The molecule has 1 saturated heterocycles. The SMILES string of the molecule is c1ccc(COCC2OC(SCc3ccccc3)C(OCc3ccccc3)C(Cc3ccccc3)C2OCc2ccccc2)cc1. The lowest BCUT2D eigenvalue weighted by Crippen LogP contribution is -2.57. The van der Waals surface area contributed by atoms with E-state index in [0.717, 1.165) is 28.9 Å². The third-order valence-corrected chi connectivity index (χ3v) is 9.53. The summed E-state index contributed by atoms with van der Waals surface area (Å²) in [6.07, 6.45) is 0.0811. The second kappa shape index (κ2) is 17.3.